The summed E-state index contributed by atoms with van der Waals surface area (Å²) in [7, 11) is 0. The summed E-state index contributed by atoms with van der Waals surface area (Å²) >= 11 is 0. The fourth-order valence-corrected chi connectivity index (χ4v) is 1.36. The molecule has 2 rings (SSSR count). The van der Waals surface area contributed by atoms with Gasteiger partial charge in [0.15, 0.2) is 0 Å². The van der Waals surface area contributed by atoms with Gasteiger partial charge >= 0.3 is 0 Å². The zero-order valence-corrected chi connectivity index (χ0v) is 8.48. The number of rotatable bonds is 2. The lowest BCUT2D eigenvalue weighted by Crippen LogP contribution is -2.01. The summed E-state index contributed by atoms with van der Waals surface area (Å²) in [5.41, 5.74) is -1.17. The van der Waals surface area contributed by atoms with Crippen LogP contribution in [0.25, 0.3) is 0 Å². The topological polar surface area (TPSA) is 12.0 Å². The normalized spacial score (nSPS) is 10.4. The minimum Gasteiger partial charge on any atom is -0.346 e. The number of benzene rings is 2. The van der Waals surface area contributed by atoms with Crippen molar-refractivity contribution in [3.63, 3.8) is 0 Å². The molecule has 0 aliphatic rings. The second-order valence-corrected chi connectivity index (χ2v) is 3.32. The van der Waals surface area contributed by atoms with Crippen molar-refractivity contribution in [1.29, 1.82) is 0 Å². The predicted octanol–water partition coefficient (Wildman–Crippen LogP) is 3.99. The van der Waals surface area contributed by atoms with Gasteiger partial charge in [-0.25, -0.2) is 17.6 Å². The summed E-state index contributed by atoms with van der Waals surface area (Å²) in [5.74, 6) is -3.69. The second-order valence-electron chi connectivity index (χ2n) is 3.32. The first-order valence-electron chi connectivity index (χ1n) is 4.74. The van der Waals surface area contributed by atoms with E-state index >= 15 is 0 Å². The van der Waals surface area contributed by atoms with E-state index in [1.54, 1.807) is 0 Å². The van der Waals surface area contributed by atoms with Gasteiger partial charge in [0.25, 0.3) is 0 Å². The van der Waals surface area contributed by atoms with Crippen LogP contribution >= 0.6 is 0 Å². The first-order valence-corrected chi connectivity index (χ1v) is 4.74. The number of para-hydroxylation sites is 2. The lowest BCUT2D eigenvalue weighted by molar-refractivity contribution is 0.580. The van der Waals surface area contributed by atoms with Crippen molar-refractivity contribution < 1.29 is 17.6 Å². The molecule has 0 aliphatic carbocycles. The zero-order chi connectivity index (χ0) is 12.4. The maximum atomic E-state index is 13.3. The lowest BCUT2D eigenvalue weighted by atomic mass is 10.2. The molecule has 0 aromatic heterocycles. The van der Waals surface area contributed by atoms with Gasteiger partial charge in [-0.15, -0.1) is 0 Å². The summed E-state index contributed by atoms with van der Waals surface area (Å²) in [6, 6.07) is 6.28. The van der Waals surface area contributed by atoms with Gasteiger partial charge in [-0.3, -0.25) is 0 Å². The van der Waals surface area contributed by atoms with Crippen LogP contribution in [0, 0.1) is 23.3 Å². The van der Waals surface area contributed by atoms with Crippen LogP contribution in [0.15, 0.2) is 36.4 Å². The molecule has 0 radical (unpaired) electrons. The second kappa shape index (κ2) is 4.45. The molecule has 5 heteroatoms. The van der Waals surface area contributed by atoms with E-state index in [4.69, 9.17) is 0 Å². The fourth-order valence-electron chi connectivity index (χ4n) is 1.36. The van der Waals surface area contributed by atoms with Crippen molar-refractivity contribution >= 4 is 11.4 Å². The van der Waals surface area contributed by atoms with Gasteiger partial charge in [-0.2, -0.15) is 0 Å². The van der Waals surface area contributed by atoms with Crippen molar-refractivity contribution in [2.24, 2.45) is 0 Å². The molecule has 1 N–H and O–H groups in total. The van der Waals surface area contributed by atoms with Gasteiger partial charge in [0.1, 0.15) is 34.6 Å². The molecule has 0 spiro atoms. The van der Waals surface area contributed by atoms with E-state index in [1.165, 1.54) is 0 Å². The van der Waals surface area contributed by atoms with Crippen LogP contribution in [0.4, 0.5) is 28.9 Å². The highest BCUT2D eigenvalue weighted by atomic mass is 19.1. The van der Waals surface area contributed by atoms with Gasteiger partial charge in [-0.05, 0) is 24.3 Å². The Bertz CT molecular complexity index is 464. The van der Waals surface area contributed by atoms with Gasteiger partial charge in [0.2, 0.25) is 0 Å². The van der Waals surface area contributed by atoms with Crippen LogP contribution in [0.5, 0.6) is 0 Å². The van der Waals surface area contributed by atoms with Crippen molar-refractivity contribution in [2.75, 3.05) is 5.32 Å². The van der Waals surface area contributed by atoms with E-state index in [0.717, 1.165) is 36.4 Å². The summed E-state index contributed by atoms with van der Waals surface area (Å²) in [6.45, 7) is 0. The Hall–Kier alpha value is -2.04. The van der Waals surface area contributed by atoms with Crippen molar-refractivity contribution in [2.45, 2.75) is 0 Å². The fraction of sp³-hybridized carbons (Fsp3) is 0. The third kappa shape index (κ3) is 2.22. The number of hydrogen-bond donors (Lipinski definition) is 1. The highest BCUT2D eigenvalue weighted by Gasteiger charge is 2.13. The molecule has 0 bridgehead atoms. The smallest absolute Gasteiger partial charge is 0.149 e. The highest BCUT2D eigenvalue weighted by molar-refractivity contribution is 5.61. The monoisotopic (exact) mass is 241 g/mol. The van der Waals surface area contributed by atoms with Gasteiger partial charge in [-0.1, -0.05) is 12.1 Å². The minimum atomic E-state index is -0.923. The third-order valence-electron chi connectivity index (χ3n) is 2.18. The van der Waals surface area contributed by atoms with E-state index in [2.05, 4.69) is 5.32 Å². The third-order valence-corrected chi connectivity index (χ3v) is 2.18. The number of halogens is 4. The van der Waals surface area contributed by atoms with E-state index in [1.807, 2.05) is 0 Å². The van der Waals surface area contributed by atoms with E-state index in [0.29, 0.717) is 0 Å². The number of nitrogens with one attached hydrogen (secondary N) is 1. The van der Waals surface area contributed by atoms with Gasteiger partial charge in [0, 0.05) is 0 Å². The Morgan fingerprint density at radius 2 is 0.882 bits per heavy atom. The maximum Gasteiger partial charge on any atom is 0.149 e. The molecule has 0 heterocycles. The summed E-state index contributed by atoms with van der Waals surface area (Å²) in [5, 5.41) is 2.08. The Balaban J connectivity index is 2.45. The van der Waals surface area contributed by atoms with Crippen LogP contribution in [-0.2, 0) is 0 Å². The predicted molar refractivity (Wildman–Crippen MR) is 56.0 cm³/mol. The molecule has 0 amide bonds. The lowest BCUT2D eigenvalue weighted by Gasteiger charge is -2.10. The van der Waals surface area contributed by atoms with Gasteiger partial charge in [0.05, 0.1) is 0 Å². The number of hydrogen-bond acceptors (Lipinski definition) is 1. The molecule has 2 aromatic carbocycles. The molecule has 0 unspecified atom stereocenters. The standard InChI is InChI=1S/C12H7F4N/c13-7-3-1-4-8(14)11(7)17-12-9(15)5-2-6-10(12)16/h1-6,17H. The largest absolute Gasteiger partial charge is 0.346 e. The Morgan fingerprint density at radius 3 is 1.18 bits per heavy atom. The molecule has 0 saturated heterocycles. The number of anilines is 2. The first kappa shape index (κ1) is 11.4. The molecule has 88 valence electrons. The van der Waals surface area contributed by atoms with Crippen LogP contribution in [0.3, 0.4) is 0 Å². The molecule has 0 aliphatic heterocycles. The van der Waals surface area contributed by atoms with Crippen molar-refractivity contribution in [1.82, 2.24) is 0 Å². The quantitative estimate of drug-likeness (QED) is 0.784. The molecule has 2 aromatic rings. The Labute approximate surface area is 94.7 Å². The van der Waals surface area contributed by atoms with E-state index < -0.39 is 34.6 Å². The SMILES string of the molecule is Fc1cccc(F)c1Nc1c(F)cccc1F. The summed E-state index contributed by atoms with van der Waals surface area (Å²) in [6.07, 6.45) is 0. The van der Waals surface area contributed by atoms with Crippen molar-refractivity contribution in [3.8, 4) is 0 Å². The van der Waals surface area contributed by atoms with Crippen molar-refractivity contribution in [3.05, 3.63) is 59.7 Å². The first-order chi connectivity index (χ1) is 8.09. The minimum absolute atomic E-state index is 0.587. The molecule has 0 saturated carbocycles. The average molecular weight is 241 g/mol. The molecule has 17 heavy (non-hydrogen) atoms. The highest BCUT2D eigenvalue weighted by Crippen LogP contribution is 2.26. The molecular formula is C12H7F4N. The Kier molecular flexibility index (Phi) is 2.99. The maximum absolute atomic E-state index is 13.3. The molecular weight excluding hydrogens is 234 g/mol. The summed E-state index contributed by atoms with van der Waals surface area (Å²) < 4.78 is 53.0. The van der Waals surface area contributed by atoms with E-state index in [9.17, 15) is 17.6 Å². The van der Waals surface area contributed by atoms with Crippen LogP contribution < -0.4 is 5.32 Å². The molecule has 1 nitrogen and oxygen atoms in total. The average Bonchev–Trinajstić information content (AvgIpc) is 2.27. The van der Waals surface area contributed by atoms with Crippen LogP contribution in [0.2, 0.25) is 0 Å². The summed E-state index contributed by atoms with van der Waals surface area (Å²) in [4.78, 5) is 0. The zero-order valence-electron chi connectivity index (χ0n) is 8.48. The van der Waals surface area contributed by atoms with Crippen LogP contribution in [0.1, 0.15) is 0 Å². The van der Waals surface area contributed by atoms with Crippen LogP contribution in [-0.4, -0.2) is 0 Å². The van der Waals surface area contributed by atoms with Gasteiger partial charge < -0.3 is 5.32 Å². The van der Waals surface area contributed by atoms with E-state index in [-0.39, 0.29) is 0 Å². The molecule has 0 atom stereocenters. The molecule has 0 fully saturated rings. The Morgan fingerprint density at radius 1 is 0.588 bits per heavy atom.